The van der Waals surface area contributed by atoms with Gasteiger partial charge in [-0.2, -0.15) is 0 Å². The largest absolute Gasteiger partial charge is 0.342 e. The third-order valence-electron chi connectivity index (χ3n) is 4.09. The number of aromatic nitrogens is 2. The Morgan fingerprint density at radius 1 is 1.14 bits per heavy atom. The molecule has 0 N–H and O–H groups in total. The summed E-state index contributed by atoms with van der Waals surface area (Å²) in [6.45, 7) is 2.19. The summed E-state index contributed by atoms with van der Waals surface area (Å²) < 4.78 is 2.26. The summed E-state index contributed by atoms with van der Waals surface area (Å²) in [5.74, 6) is 0. The van der Waals surface area contributed by atoms with Crippen LogP contribution >= 0.6 is 11.3 Å². The normalized spacial score (nSPS) is 11.5. The predicted octanol–water partition coefficient (Wildman–Crippen LogP) is 5.02. The Morgan fingerprint density at radius 3 is 2.81 bits per heavy atom. The predicted molar refractivity (Wildman–Crippen MR) is 90.9 cm³/mol. The number of aryl methyl sites for hydroxylation is 2. The molecule has 0 amide bonds. The van der Waals surface area contributed by atoms with Crippen LogP contribution in [0.2, 0.25) is 0 Å². The van der Waals surface area contributed by atoms with E-state index in [-0.39, 0.29) is 0 Å². The number of hydrogen-bond acceptors (Lipinski definition) is 2. The van der Waals surface area contributed by atoms with E-state index in [9.17, 15) is 0 Å². The highest BCUT2D eigenvalue weighted by atomic mass is 32.1. The van der Waals surface area contributed by atoms with Gasteiger partial charge >= 0.3 is 0 Å². The van der Waals surface area contributed by atoms with Gasteiger partial charge in [0.15, 0.2) is 0 Å². The molecule has 3 heteroatoms. The van der Waals surface area contributed by atoms with Crippen LogP contribution in [0.25, 0.3) is 33.1 Å². The molecule has 0 fully saturated rings. The summed E-state index contributed by atoms with van der Waals surface area (Å²) in [5.41, 5.74) is 4.79. The molecule has 21 heavy (non-hydrogen) atoms. The summed E-state index contributed by atoms with van der Waals surface area (Å²) in [4.78, 5) is 6.07. The van der Waals surface area contributed by atoms with Gasteiger partial charge < -0.3 is 4.57 Å². The van der Waals surface area contributed by atoms with E-state index in [1.807, 2.05) is 17.5 Å². The first-order valence-corrected chi connectivity index (χ1v) is 8.07. The average Bonchev–Trinajstić information content (AvgIpc) is 3.12. The molecule has 0 radical (unpaired) electrons. The molecule has 0 aliphatic rings. The molecule has 0 unspecified atom stereocenters. The van der Waals surface area contributed by atoms with Gasteiger partial charge in [0.05, 0.1) is 11.2 Å². The van der Waals surface area contributed by atoms with E-state index in [0.29, 0.717) is 0 Å². The van der Waals surface area contributed by atoms with Crippen molar-refractivity contribution in [2.24, 2.45) is 7.05 Å². The van der Waals surface area contributed by atoms with Gasteiger partial charge in [-0.15, -0.1) is 11.3 Å². The molecule has 0 atom stereocenters. The zero-order chi connectivity index (χ0) is 14.4. The molecule has 104 valence electrons. The Bertz CT molecular complexity index is 946. The molecule has 1 aromatic carbocycles. The summed E-state index contributed by atoms with van der Waals surface area (Å²) in [7, 11) is 2.13. The number of benzene rings is 1. The summed E-state index contributed by atoms with van der Waals surface area (Å²) in [6.07, 6.45) is 3.00. The topological polar surface area (TPSA) is 17.8 Å². The third-order valence-corrected chi connectivity index (χ3v) is 5.17. The van der Waals surface area contributed by atoms with E-state index in [2.05, 4.69) is 65.3 Å². The van der Waals surface area contributed by atoms with E-state index in [4.69, 9.17) is 0 Å². The number of para-hydroxylation sites is 1. The molecule has 0 saturated carbocycles. The second-order valence-corrected chi connectivity index (χ2v) is 6.28. The van der Waals surface area contributed by atoms with Crippen molar-refractivity contribution in [3.05, 3.63) is 52.9 Å². The molecule has 0 aliphatic heterocycles. The van der Waals surface area contributed by atoms with Gasteiger partial charge in [-0.25, -0.2) is 0 Å². The lowest BCUT2D eigenvalue weighted by Gasteiger charge is -2.03. The van der Waals surface area contributed by atoms with Crippen LogP contribution in [0.4, 0.5) is 0 Å². The van der Waals surface area contributed by atoms with E-state index >= 15 is 0 Å². The van der Waals surface area contributed by atoms with Crippen molar-refractivity contribution in [1.82, 2.24) is 9.55 Å². The second kappa shape index (κ2) is 4.71. The van der Waals surface area contributed by atoms with E-state index in [0.717, 1.165) is 12.1 Å². The van der Waals surface area contributed by atoms with Crippen LogP contribution in [0.3, 0.4) is 0 Å². The van der Waals surface area contributed by atoms with E-state index in [1.165, 1.54) is 32.2 Å². The van der Waals surface area contributed by atoms with Crippen LogP contribution < -0.4 is 0 Å². The molecule has 4 rings (SSSR count). The van der Waals surface area contributed by atoms with Gasteiger partial charge in [-0.05, 0) is 24.6 Å². The smallest absolute Gasteiger partial charge is 0.0953 e. The highest BCUT2D eigenvalue weighted by Crippen LogP contribution is 2.35. The van der Waals surface area contributed by atoms with Crippen LogP contribution in [0.5, 0.6) is 0 Å². The first-order valence-electron chi connectivity index (χ1n) is 7.19. The first-order chi connectivity index (χ1) is 10.3. The molecule has 0 aliphatic carbocycles. The Hall–Kier alpha value is -2.13. The van der Waals surface area contributed by atoms with Crippen LogP contribution in [0.15, 0.2) is 48.0 Å². The first kappa shape index (κ1) is 12.6. The summed E-state index contributed by atoms with van der Waals surface area (Å²) in [6, 6.07) is 12.9. The van der Waals surface area contributed by atoms with Crippen LogP contribution in [0.1, 0.15) is 11.8 Å². The number of nitrogens with zero attached hydrogens (tertiary/aromatic N) is 2. The molecular formula is C18H16N2S. The van der Waals surface area contributed by atoms with E-state index < -0.39 is 0 Å². The van der Waals surface area contributed by atoms with Crippen molar-refractivity contribution in [3.8, 4) is 11.3 Å². The number of rotatable bonds is 2. The monoisotopic (exact) mass is 292 g/mol. The molecule has 0 saturated heterocycles. The zero-order valence-electron chi connectivity index (χ0n) is 12.1. The molecule has 0 bridgehead atoms. The van der Waals surface area contributed by atoms with Gasteiger partial charge in [0.2, 0.25) is 0 Å². The van der Waals surface area contributed by atoms with E-state index in [1.54, 1.807) is 0 Å². The minimum Gasteiger partial charge on any atom is -0.342 e. The van der Waals surface area contributed by atoms with Crippen molar-refractivity contribution >= 4 is 33.1 Å². The fourth-order valence-corrected chi connectivity index (χ4v) is 3.85. The van der Waals surface area contributed by atoms with Crippen molar-refractivity contribution in [2.45, 2.75) is 13.3 Å². The van der Waals surface area contributed by atoms with Crippen molar-refractivity contribution in [2.75, 3.05) is 0 Å². The van der Waals surface area contributed by atoms with Crippen molar-refractivity contribution in [1.29, 1.82) is 0 Å². The molecule has 4 aromatic rings. The Balaban J connectivity index is 2.10. The van der Waals surface area contributed by atoms with Crippen LogP contribution in [-0.2, 0) is 13.5 Å². The van der Waals surface area contributed by atoms with Crippen LogP contribution in [-0.4, -0.2) is 9.55 Å². The molecule has 0 spiro atoms. The van der Waals surface area contributed by atoms with Crippen LogP contribution in [0, 0.1) is 0 Å². The summed E-state index contributed by atoms with van der Waals surface area (Å²) >= 11 is 1.82. The molecule has 3 aromatic heterocycles. The Morgan fingerprint density at radius 2 is 2.00 bits per heavy atom. The molecular weight excluding hydrogens is 276 g/mol. The van der Waals surface area contributed by atoms with Crippen molar-refractivity contribution in [3.63, 3.8) is 0 Å². The van der Waals surface area contributed by atoms with Gasteiger partial charge in [0.25, 0.3) is 0 Å². The zero-order valence-corrected chi connectivity index (χ0v) is 12.9. The standard InChI is InChI=1S/C18H16N2S/c1-3-13-10-12(11-21-13)17-18-15(8-9-19-17)14-6-4-5-7-16(14)20(18)2/h4-11H,3H2,1-2H3. The lowest BCUT2D eigenvalue weighted by molar-refractivity contribution is 1.01. The highest BCUT2D eigenvalue weighted by molar-refractivity contribution is 7.10. The number of pyridine rings is 1. The maximum Gasteiger partial charge on any atom is 0.0953 e. The minimum absolute atomic E-state index is 1.08. The molecule has 3 heterocycles. The Kier molecular flexibility index (Phi) is 2.82. The lowest BCUT2D eigenvalue weighted by Crippen LogP contribution is -1.91. The van der Waals surface area contributed by atoms with Crippen molar-refractivity contribution < 1.29 is 0 Å². The summed E-state index contributed by atoms with van der Waals surface area (Å²) in [5, 5.41) is 4.80. The average molecular weight is 292 g/mol. The number of hydrogen-bond donors (Lipinski definition) is 0. The van der Waals surface area contributed by atoms with Gasteiger partial charge in [0.1, 0.15) is 0 Å². The van der Waals surface area contributed by atoms with Gasteiger partial charge in [-0.1, -0.05) is 25.1 Å². The second-order valence-electron chi connectivity index (χ2n) is 5.29. The fourth-order valence-electron chi connectivity index (χ4n) is 3.03. The number of fused-ring (bicyclic) bond motifs is 3. The number of thiophene rings is 1. The SMILES string of the molecule is CCc1cc(-c2nccc3c4ccccc4n(C)c23)cs1. The maximum atomic E-state index is 4.67. The lowest BCUT2D eigenvalue weighted by atomic mass is 10.1. The molecule has 2 nitrogen and oxygen atoms in total. The van der Waals surface area contributed by atoms with Gasteiger partial charge in [0, 0.05) is 45.4 Å². The Labute approximate surface area is 127 Å². The van der Waals surface area contributed by atoms with Gasteiger partial charge in [-0.3, -0.25) is 4.98 Å². The minimum atomic E-state index is 1.08. The fraction of sp³-hybridized carbons (Fsp3) is 0.167. The highest BCUT2D eigenvalue weighted by Gasteiger charge is 2.14. The third kappa shape index (κ3) is 1.81. The maximum absolute atomic E-state index is 4.67. The quantitative estimate of drug-likeness (QED) is 0.507.